The first kappa shape index (κ1) is 19.3. The number of imidazole rings is 1. The molecule has 0 saturated heterocycles. The Kier molecular flexibility index (Phi) is 5.14. The van der Waals surface area contributed by atoms with Gasteiger partial charge in [-0.05, 0) is 53.3 Å². The molecule has 148 valence electrons. The normalized spacial score (nSPS) is 11.7. The van der Waals surface area contributed by atoms with Gasteiger partial charge in [-0.3, -0.25) is 0 Å². The van der Waals surface area contributed by atoms with Gasteiger partial charge >= 0.3 is 0 Å². The molecular formula is C26H28N2O. The number of para-hydroxylation sites is 2. The van der Waals surface area contributed by atoms with Gasteiger partial charge in [0, 0.05) is 6.54 Å². The van der Waals surface area contributed by atoms with E-state index >= 15 is 0 Å². The molecule has 3 heteroatoms. The molecule has 4 rings (SSSR count). The van der Waals surface area contributed by atoms with Crippen molar-refractivity contribution in [1.29, 1.82) is 0 Å². The predicted molar refractivity (Wildman–Crippen MR) is 119 cm³/mol. The van der Waals surface area contributed by atoms with Crippen LogP contribution in [-0.4, -0.2) is 9.55 Å². The number of fused-ring (bicyclic) bond motifs is 1. The van der Waals surface area contributed by atoms with E-state index in [2.05, 4.69) is 99.0 Å². The molecule has 0 amide bonds. The fraction of sp³-hybridized carbons (Fsp3) is 0.269. The van der Waals surface area contributed by atoms with E-state index in [1.54, 1.807) is 0 Å². The van der Waals surface area contributed by atoms with Crippen LogP contribution in [0.15, 0.2) is 72.8 Å². The zero-order chi connectivity index (χ0) is 20.4. The summed E-state index contributed by atoms with van der Waals surface area (Å²) >= 11 is 0. The van der Waals surface area contributed by atoms with E-state index < -0.39 is 0 Å². The molecule has 0 aliphatic heterocycles. The van der Waals surface area contributed by atoms with Crippen LogP contribution < -0.4 is 4.74 Å². The van der Waals surface area contributed by atoms with Gasteiger partial charge in [-0.2, -0.15) is 0 Å². The van der Waals surface area contributed by atoms with Gasteiger partial charge in [0.05, 0.1) is 11.0 Å². The summed E-state index contributed by atoms with van der Waals surface area (Å²) < 4.78 is 8.38. The molecule has 0 atom stereocenters. The molecular weight excluding hydrogens is 356 g/mol. The number of aryl methyl sites for hydroxylation is 1. The third-order valence-corrected chi connectivity index (χ3v) is 5.41. The Labute approximate surface area is 173 Å². The van der Waals surface area contributed by atoms with Crippen molar-refractivity contribution in [3.8, 4) is 5.75 Å². The van der Waals surface area contributed by atoms with Crippen molar-refractivity contribution in [3.63, 3.8) is 0 Å². The van der Waals surface area contributed by atoms with Crippen molar-refractivity contribution in [3.05, 3.63) is 95.3 Å². The molecule has 0 radical (unpaired) electrons. The Morgan fingerprint density at radius 1 is 0.862 bits per heavy atom. The average Bonchev–Trinajstić information content (AvgIpc) is 3.05. The molecule has 0 aliphatic carbocycles. The van der Waals surface area contributed by atoms with Gasteiger partial charge in [-0.15, -0.1) is 0 Å². The summed E-state index contributed by atoms with van der Waals surface area (Å²) in [4.78, 5) is 4.85. The number of nitrogens with zero attached hydrogens (tertiary/aromatic N) is 2. The van der Waals surface area contributed by atoms with Gasteiger partial charge in [0.1, 0.15) is 18.2 Å². The minimum atomic E-state index is 0.139. The molecule has 0 fully saturated rings. The lowest BCUT2D eigenvalue weighted by Crippen LogP contribution is -2.11. The molecule has 0 bridgehead atoms. The molecule has 0 spiro atoms. The van der Waals surface area contributed by atoms with Crippen molar-refractivity contribution in [1.82, 2.24) is 9.55 Å². The number of rotatable bonds is 5. The molecule has 4 aromatic rings. The number of hydrogen-bond acceptors (Lipinski definition) is 2. The molecule has 1 aromatic heterocycles. The molecule has 0 aliphatic rings. The number of hydrogen-bond donors (Lipinski definition) is 0. The highest BCUT2D eigenvalue weighted by Crippen LogP contribution is 2.25. The second-order valence-electron chi connectivity index (χ2n) is 8.59. The van der Waals surface area contributed by atoms with Crippen molar-refractivity contribution in [2.45, 2.75) is 46.3 Å². The maximum atomic E-state index is 6.11. The lowest BCUT2D eigenvalue weighted by Gasteiger charge is -2.19. The molecule has 0 unspecified atom stereocenters. The van der Waals surface area contributed by atoms with E-state index in [0.29, 0.717) is 6.61 Å². The zero-order valence-electron chi connectivity index (χ0n) is 17.6. The highest BCUT2D eigenvalue weighted by molar-refractivity contribution is 5.76. The summed E-state index contributed by atoms with van der Waals surface area (Å²) in [6.45, 7) is 10.0. The standard InChI is InChI=1S/C26H28N2O/c1-19-9-5-6-10-20(19)17-28-24-12-8-7-11-23(24)27-25(28)18-29-22-15-13-21(14-16-22)26(2,3)4/h5-16H,17-18H2,1-4H3. The Morgan fingerprint density at radius 2 is 1.55 bits per heavy atom. The highest BCUT2D eigenvalue weighted by atomic mass is 16.5. The van der Waals surface area contributed by atoms with Crippen LogP contribution in [0.3, 0.4) is 0 Å². The Morgan fingerprint density at radius 3 is 2.28 bits per heavy atom. The molecule has 29 heavy (non-hydrogen) atoms. The SMILES string of the molecule is Cc1ccccc1Cn1c(COc2ccc(C(C)(C)C)cc2)nc2ccccc21. The Balaban J connectivity index is 1.61. The third-order valence-electron chi connectivity index (χ3n) is 5.41. The summed E-state index contributed by atoms with van der Waals surface area (Å²) in [6.07, 6.45) is 0. The molecule has 1 heterocycles. The van der Waals surface area contributed by atoms with Crippen molar-refractivity contribution < 1.29 is 4.74 Å². The predicted octanol–water partition coefficient (Wildman–Crippen LogP) is 6.27. The summed E-state index contributed by atoms with van der Waals surface area (Å²) in [7, 11) is 0. The first-order valence-electron chi connectivity index (χ1n) is 10.1. The molecule has 0 saturated carbocycles. The smallest absolute Gasteiger partial charge is 0.148 e. The van der Waals surface area contributed by atoms with Crippen LogP contribution in [0.5, 0.6) is 5.75 Å². The summed E-state index contributed by atoms with van der Waals surface area (Å²) in [5, 5.41) is 0. The third kappa shape index (κ3) is 4.19. The van der Waals surface area contributed by atoms with E-state index in [-0.39, 0.29) is 5.41 Å². The van der Waals surface area contributed by atoms with Gasteiger partial charge in [-0.1, -0.05) is 69.3 Å². The molecule has 3 aromatic carbocycles. The number of ether oxygens (including phenoxy) is 1. The topological polar surface area (TPSA) is 27.1 Å². The average molecular weight is 385 g/mol. The van der Waals surface area contributed by atoms with Gasteiger partial charge < -0.3 is 9.30 Å². The summed E-state index contributed by atoms with van der Waals surface area (Å²) in [5.74, 6) is 1.81. The monoisotopic (exact) mass is 384 g/mol. The largest absolute Gasteiger partial charge is 0.486 e. The Hall–Kier alpha value is -3.07. The number of aromatic nitrogens is 2. The zero-order valence-corrected chi connectivity index (χ0v) is 17.6. The van der Waals surface area contributed by atoms with Crippen LogP contribution >= 0.6 is 0 Å². The van der Waals surface area contributed by atoms with E-state index in [9.17, 15) is 0 Å². The lowest BCUT2D eigenvalue weighted by atomic mass is 9.87. The van der Waals surface area contributed by atoms with Crippen LogP contribution in [0.1, 0.15) is 43.3 Å². The van der Waals surface area contributed by atoms with Gasteiger partial charge in [-0.25, -0.2) is 4.98 Å². The Bertz CT molecular complexity index is 1120. The van der Waals surface area contributed by atoms with Gasteiger partial charge in [0.2, 0.25) is 0 Å². The van der Waals surface area contributed by atoms with E-state index in [1.165, 1.54) is 16.7 Å². The van der Waals surface area contributed by atoms with Crippen LogP contribution in [-0.2, 0) is 18.6 Å². The van der Waals surface area contributed by atoms with Crippen molar-refractivity contribution in [2.75, 3.05) is 0 Å². The first-order valence-corrected chi connectivity index (χ1v) is 10.1. The van der Waals surface area contributed by atoms with Crippen molar-refractivity contribution >= 4 is 11.0 Å². The van der Waals surface area contributed by atoms with Crippen LogP contribution in [0.4, 0.5) is 0 Å². The van der Waals surface area contributed by atoms with E-state index in [0.717, 1.165) is 29.2 Å². The van der Waals surface area contributed by atoms with Crippen molar-refractivity contribution in [2.24, 2.45) is 0 Å². The minimum absolute atomic E-state index is 0.139. The second-order valence-corrected chi connectivity index (χ2v) is 8.59. The molecule has 3 nitrogen and oxygen atoms in total. The fourth-order valence-corrected chi connectivity index (χ4v) is 3.57. The van der Waals surface area contributed by atoms with Crippen LogP contribution in [0, 0.1) is 6.92 Å². The molecule has 0 N–H and O–H groups in total. The van der Waals surface area contributed by atoms with E-state index in [1.807, 2.05) is 6.07 Å². The maximum Gasteiger partial charge on any atom is 0.148 e. The number of benzene rings is 3. The van der Waals surface area contributed by atoms with Gasteiger partial charge in [0.15, 0.2) is 0 Å². The summed E-state index contributed by atoms with van der Waals surface area (Å²) in [5.41, 5.74) is 6.17. The fourth-order valence-electron chi connectivity index (χ4n) is 3.57. The van der Waals surface area contributed by atoms with Crippen LogP contribution in [0.25, 0.3) is 11.0 Å². The summed E-state index contributed by atoms with van der Waals surface area (Å²) in [6, 6.07) is 25.2. The minimum Gasteiger partial charge on any atom is -0.486 e. The lowest BCUT2D eigenvalue weighted by molar-refractivity contribution is 0.291. The van der Waals surface area contributed by atoms with Gasteiger partial charge in [0.25, 0.3) is 0 Å². The quantitative estimate of drug-likeness (QED) is 0.405. The maximum absolute atomic E-state index is 6.11. The van der Waals surface area contributed by atoms with Crippen LogP contribution in [0.2, 0.25) is 0 Å². The first-order chi connectivity index (χ1) is 13.9. The second kappa shape index (κ2) is 7.75. The van der Waals surface area contributed by atoms with E-state index in [4.69, 9.17) is 9.72 Å². The highest BCUT2D eigenvalue weighted by Gasteiger charge is 2.14.